The van der Waals surface area contributed by atoms with Crippen LogP contribution in [0.3, 0.4) is 0 Å². The number of nitrogens with one attached hydrogen (secondary N) is 1. The number of aliphatic hydroxyl groups excluding tert-OH is 1. The number of urea groups is 1. The molecule has 2 saturated heterocycles. The van der Waals surface area contributed by atoms with Gasteiger partial charge in [0.1, 0.15) is 6.10 Å². The number of amides is 2. The highest BCUT2D eigenvalue weighted by Gasteiger charge is 2.48. The van der Waals surface area contributed by atoms with Crippen molar-refractivity contribution in [2.24, 2.45) is 0 Å². The van der Waals surface area contributed by atoms with Gasteiger partial charge in [0.2, 0.25) is 0 Å². The first kappa shape index (κ1) is 18.7. The second-order valence-electron chi connectivity index (χ2n) is 7.09. The van der Waals surface area contributed by atoms with Gasteiger partial charge in [-0.05, 0) is 38.0 Å². The smallest absolute Gasteiger partial charge is 0.321 e. The van der Waals surface area contributed by atoms with Crippen LogP contribution in [0, 0.1) is 0 Å². The summed E-state index contributed by atoms with van der Waals surface area (Å²) in [5.74, 6) is 0. The van der Waals surface area contributed by atoms with Gasteiger partial charge in [0, 0.05) is 25.2 Å². The molecule has 3 rings (SSSR count). The van der Waals surface area contributed by atoms with Crippen LogP contribution in [-0.4, -0.2) is 58.1 Å². The zero-order valence-electron chi connectivity index (χ0n) is 14.0. The SMILES string of the molecule is C[C@]1(O)CC2(CCN(C(=O)Nc3ccc(Cl)c(Cl)c3)CC2)OC[C@@H]1O. The third kappa shape index (κ3) is 4.04. The Hall–Kier alpha value is -1.05. The molecule has 3 N–H and O–H groups in total. The van der Waals surface area contributed by atoms with E-state index in [1.165, 1.54) is 0 Å². The number of piperidine rings is 1. The number of carbonyl (C=O) groups excluding carboxylic acids is 1. The summed E-state index contributed by atoms with van der Waals surface area (Å²) in [5.41, 5.74) is -1.06. The highest BCUT2D eigenvalue weighted by Crippen LogP contribution is 2.39. The second kappa shape index (κ2) is 6.93. The van der Waals surface area contributed by atoms with Gasteiger partial charge in [-0.15, -0.1) is 0 Å². The molecule has 1 spiro atoms. The van der Waals surface area contributed by atoms with Gasteiger partial charge < -0.3 is 25.2 Å². The fourth-order valence-electron chi connectivity index (χ4n) is 3.47. The number of aliphatic hydroxyl groups is 2. The number of ether oxygens (including phenoxy) is 1. The van der Waals surface area contributed by atoms with Crippen LogP contribution in [0.25, 0.3) is 0 Å². The average molecular weight is 389 g/mol. The topological polar surface area (TPSA) is 82.0 Å². The molecule has 0 aromatic heterocycles. The van der Waals surface area contributed by atoms with Gasteiger partial charge in [-0.25, -0.2) is 4.79 Å². The Morgan fingerprint density at radius 3 is 2.60 bits per heavy atom. The molecule has 1 aromatic rings. The third-order valence-corrected chi connectivity index (χ3v) is 5.82. The van der Waals surface area contributed by atoms with E-state index in [1.807, 2.05) is 0 Å². The molecule has 25 heavy (non-hydrogen) atoms. The van der Waals surface area contributed by atoms with Gasteiger partial charge in [0.15, 0.2) is 0 Å². The fraction of sp³-hybridized carbons (Fsp3) is 0.588. The first-order valence-corrected chi connectivity index (χ1v) is 9.02. The van der Waals surface area contributed by atoms with Gasteiger partial charge in [-0.1, -0.05) is 23.2 Å². The summed E-state index contributed by atoms with van der Waals surface area (Å²) in [6.45, 7) is 2.77. The Balaban J connectivity index is 1.58. The van der Waals surface area contributed by atoms with Gasteiger partial charge in [-0.2, -0.15) is 0 Å². The summed E-state index contributed by atoms with van der Waals surface area (Å²) >= 11 is 11.8. The normalized spacial score (nSPS) is 28.8. The van der Waals surface area contributed by atoms with Crippen molar-refractivity contribution in [1.29, 1.82) is 0 Å². The van der Waals surface area contributed by atoms with Crippen LogP contribution in [0.4, 0.5) is 10.5 Å². The van der Waals surface area contributed by atoms with Crippen LogP contribution in [0.5, 0.6) is 0 Å². The van der Waals surface area contributed by atoms with E-state index in [1.54, 1.807) is 30.0 Å². The number of nitrogens with zero attached hydrogens (tertiary/aromatic N) is 1. The maximum absolute atomic E-state index is 12.4. The van der Waals surface area contributed by atoms with Gasteiger partial charge in [0.25, 0.3) is 0 Å². The Morgan fingerprint density at radius 2 is 2.00 bits per heavy atom. The molecule has 0 radical (unpaired) electrons. The Labute approximate surface area is 156 Å². The van der Waals surface area contributed by atoms with Crippen molar-refractivity contribution < 1.29 is 19.7 Å². The van der Waals surface area contributed by atoms with Crippen LogP contribution >= 0.6 is 23.2 Å². The van der Waals surface area contributed by atoms with Gasteiger partial charge in [0.05, 0.1) is 27.9 Å². The predicted octanol–water partition coefficient (Wildman–Crippen LogP) is 2.89. The summed E-state index contributed by atoms with van der Waals surface area (Å²) in [6.07, 6.45) is 0.716. The van der Waals surface area contributed by atoms with Crippen molar-refractivity contribution in [1.82, 2.24) is 4.90 Å². The molecule has 1 aromatic carbocycles. The molecule has 8 heteroatoms. The highest BCUT2D eigenvalue weighted by molar-refractivity contribution is 6.42. The largest absolute Gasteiger partial charge is 0.388 e. The number of carbonyl (C=O) groups is 1. The van der Waals surface area contributed by atoms with Gasteiger partial charge in [-0.3, -0.25) is 0 Å². The fourth-order valence-corrected chi connectivity index (χ4v) is 3.77. The molecule has 138 valence electrons. The molecule has 2 amide bonds. The maximum atomic E-state index is 12.4. The lowest BCUT2D eigenvalue weighted by atomic mass is 9.77. The summed E-state index contributed by atoms with van der Waals surface area (Å²) in [6, 6.07) is 4.72. The molecule has 2 atom stereocenters. The molecular weight excluding hydrogens is 367 g/mol. The molecule has 2 heterocycles. The van der Waals surface area contributed by atoms with Crippen LogP contribution in [0.15, 0.2) is 18.2 Å². The van der Waals surface area contributed by atoms with Crippen LogP contribution < -0.4 is 5.32 Å². The summed E-state index contributed by atoms with van der Waals surface area (Å²) in [5, 5.41) is 23.8. The summed E-state index contributed by atoms with van der Waals surface area (Å²) in [7, 11) is 0. The van der Waals surface area contributed by atoms with E-state index in [9.17, 15) is 15.0 Å². The number of benzene rings is 1. The van der Waals surface area contributed by atoms with Crippen LogP contribution in [0.2, 0.25) is 10.0 Å². The zero-order chi connectivity index (χ0) is 18.2. The molecule has 0 unspecified atom stereocenters. The minimum Gasteiger partial charge on any atom is -0.388 e. The molecule has 0 bridgehead atoms. The molecule has 2 fully saturated rings. The number of hydrogen-bond acceptors (Lipinski definition) is 4. The van der Waals surface area contributed by atoms with Crippen molar-refractivity contribution in [3.05, 3.63) is 28.2 Å². The third-order valence-electron chi connectivity index (χ3n) is 5.08. The molecule has 0 saturated carbocycles. The first-order valence-electron chi connectivity index (χ1n) is 8.26. The molecule has 0 aliphatic carbocycles. The lowest BCUT2D eigenvalue weighted by Gasteiger charge is -2.49. The Morgan fingerprint density at radius 1 is 1.32 bits per heavy atom. The van der Waals surface area contributed by atoms with Gasteiger partial charge >= 0.3 is 6.03 Å². The van der Waals surface area contributed by atoms with Crippen molar-refractivity contribution in [3.63, 3.8) is 0 Å². The average Bonchev–Trinajstić information content (AvgIpc) is 2.55. The second-order valence-corrected chi connectivity index (χ2v) is 7.90. The number of likely N-dealkylation sites (tertiary alicyclic amines) is 1. The number of hydrogen-bond donors (Lipinski definition) is 3. The van der Waals surface area contributed by atoms with E-state index in [0.29, 0.717) is 48.1 Å². The Bertz CT molecular complexity index is 660. The monoisotopic (exact) mass is 388 g/mol. The number of anilines is 1. The molecule has 2 aliphatic rings. The van der Waals surface area contributed by atoms with Crippen molar-refractivity contribution in [2.75, 3.05) is 25.0 Å². The number of halogens is 2. The molecule has 6 nitrogen and oxygen atoms in total. The Kier molecular flexibility index (Phi) is 5.19. The van der Waals surface area contributed by atoms with Crippen molar-refractivity contribution >= 4 is 34.9 Å². The zero-order valence-corrected chi connectivity index (χ0v) is 15.5. The predicted molar refractivity (Wildman–Crippen MR) is 96.2 cm³/mol. The molecular formula is C17H22Cl2N2O4. The number of rotatable bonds is 1. The first-order chi connectivity index (χ1) is 11.7. The lowest BCUT2D eigenvalue weighted by Crippen LogP contribution is -2.59. The van der Waals surface area contributed by atoms with E-state index < -0.39 is 17.3 Å². The quantitative estimate of drug-likeness (QED) is 0.690. The van der Waals surface area contributed by atoms with Crippen LogP contribution in [-0.2, 0) is 4.74 Å². The standard InChI is InChI=1S/C17H22Cl2N2O4/c1-16(24)10-17(25-9-14(16)22)4-6-21(7-5-17)15(23)20-11-2-3-12(18)13(19)8-11/h2-3,8,14,22,24H,4-7,9-10H2,1H3,(H,20,23)/t14-,16-/m0/s1. The van der Waals surface area contributed by atoms with E-state index in [2.05, 4.69) is 5.32 Å². The van der Waals surface area contributed by atoms with E-state index in [4.69, 9.17) is 27.9 Å². The van der Waals surface area contributed by atoms with Crippen LogP contribution in [0.1, 0.15) is 26.2 Å². The summed E-state index contributed by atoms with van der Waals surface area (Å²) in [4.78, 5) is 14.1. The van der Waals surface area contributed by atoms with E-state index >= 15 is 0 Å². The maximum Gasteiger partial charge on any atom is 0.321 e. The van der Waals surface area contributed by atoms with E-state index in [-0.39, 0.29) is 12.6 Å². The lowest BCUT2D eigenvalue weighted by molar-refractivity contribution is -0.221. The minimum absolute atomic E-state index is 0.114. The van der Waals surface area contributed by atoms with Crippen molar-refractivity contribution in [3.8, 4) is 0 Å². The van der Waals surface area contributed by atoms with Crippen molar-refractivity contribution in [2.45, 2.75) is 43.5 Å². The minimum atomic E-state index is -1.16. The highest BCUT2D eigenvalue weighted by atomic mass is 35.5. The summed E-state index contributed by atoms with van der Waals surface area (Å²) < 4.78 is 5.83. The van der Waals surface area contributed by atoms with E-state index in [0.717, 1.165) is 0 Å². The molecule has 2 aliphatic heterocycles.